The summed E-state index contributed by atoms with van der Waals surface area (Å²) in [7, 11) is 0. The van der Waals surface area contributed by atoms with Crippen LogP contribution >= 0.6 is 0 Å². The number of hydrogen-bond acceptors (Lipinski definition) is 4. The number of aromatic nitrogens is 2. The second-order valence-corrected chi connectivity index (χ2v) is 11.4. The molecule has 7 heteroatoms. The monoisotopic (exact) mass is 438 g/mol. The van der Waals surface area contributed by atoms with Gasteiger partial charge in [0.1, 0.15) is 11.4 Å². The lowest BCUT2D eigenvalue weighted by molar-refractivity contribution is -0.125. The lowest BCUT2D eigenvalue weighted by Crippen LogP contribution is -2.45. The number of hydrogen-bond donors (Lipinski definition) is 1. The third-order valence-electron chi connectivity index (χ3n) is 7.00. The fraction of sp³-hybridized carbons (Fsp3) is 0.640. The van der Waals surface area contributed by atoms with Gasteiger partial charge in [0.2, 0.25) is 5.91 Å². The van der Waals surface area contributed by atoms with E-state index in [0.29, 0.717) is 19.0 Å². The fourth-order valence-corrected chi connectivity index (χ4v) is 5.26. The van der Waals surface area contributed by atoms with Crippen molar-refractivity contribution in [2.24, 2.45) is 17.8 Å². The molecule has 2 aliphatic carbocycles. The average molecular weight is 439 g/mol. The number of carbonyl (C=O) groups is 2. The molecule has 1 aliphatic heterocycles. The van der Waals surface area contributed by atoms with Crippen LogP contribution in [0.15, 0.2) is 18.3 Å². The Labute approximate surface area is 189 Å². The second kappa shape index (κ2) is 6.96. The number of rotatable bonds is 4. The van der Waals surface area contributed by atoms with Gasteiger partial charge in [-0.3, -0.25) is 4.79 Å². The zero-order valence-electron chi connectivity index (χ0n) is 19.9. The van der Waals surface area contributed by atoms with Crippen LogP contribution in [0.3, 0.4) is 0 Å². The molecule has 2 amide bonds. The van der Waals surface area contributed by atoms with Gasteiger partial charge < -0.3 is 19.4 Å². The van der Waals surface area contributed by atoms with Crippen molar-refractivity contribution in [2.75, 3.05) is 13.1 Å². The third kappa shape index (κ3) is 3.65. The molecule has 2 unspecified atom stereocenters. The summed E-state index contributed by atoms with van der Waals surface area (Å²) in [4.78, 5) is 32.3. The van der Waals surface area contributed by atoms with Crippen molar-refractivity contribution in [1.82, 2.24) is 19.6 Å². The van der Waals surface area contributed by atoms with Gasteiger partial charge in [0.15, 0.2) is 0 Å². The molecule has 2 aromatic rings. The van der Waals surface area contributed by atoms with E-state index in [1.807, 2.05) is 40.7 Å². The molecule has 172 valence electrons. The van der Waals surface area contributed by atoms with Crippen LogP contribution in [0, 0.1) is 24.7 Å². The van der Waals surface area contributed by atoms with Gasteiger partial charge in [-0.2, -0.15) is 0 Å². The molecular weight excluding hydrogens is 404 g/mol. The summed E-state index contributed by atoms with van der Waals surface area (Å²) in [5.74, 6) is 1.88. The maximum absolute atomic E-state index is 13.2. The number of nitrogens with one attached hydrogen (secondary N) is 1. The molecule has 2 saturated carbocycles. The van der Waals surface area contributed by atoms with Crippen LogP contribution in [-0.4, -0.2) is 45.0 Å². The number of aryl methyl sites for hydroxylation is 1. The van der Waals surface area contributed by atoms with Crippen molar-refractivity contribution < 1.29 is 14.3 Å². The Hall–Kier alpha value is -2.57. The van der Waals surface area contributed by atoms with Gasteiger partial charge in [0, 0.05) is 31.1 Å². The molecule has 5 rings (SSSR count). The van der Waals surface area contributed by atoms with Crippen molar-refractivity contribution in [3.63, 3.8) is 0 Å². The largest absolute Gasteiger partial charge is 0.444 e. The van der Waals surface area contributed by atoms with Gasteiger partial charge in [-0.15, -0.1) is 0 Å². The summed E-state index contributed by atoms with van der Waals surface area (Å²) >= 11 is 0. The average Bonchev–Trinajstić information content (AvgIpc) is 3.55. The zero-order chi connectivity index (χ0) is 23.0. The van der Waals surface area contributed by atoms with Crippen molar-refractivity contribution in [3.05, 3.63) is 35.4 Å². The summed E-state index contributed by atoms with van der Waals surface area (Å²) in [5, 5.41) is 3.27. The Morgan fingerprint density at radius 3 is 2.38 bits per heavy atom. The predicted molar refractivity (Wildman–Crippen MR) is 121 cm³/mol. The van der Waals surface area contributed by atoms with Gasteiger partial charge >= 0.3 is 6.09 Å². The van der Waals surface area contributed by atoms with Gasteiger partial charge in [-0.1, -0.05) is 6.07 Å². The first-order valence-electron chi connectivity index (χ1n) is 11.7. The molecule has 0 bridgehead atoms. The summed E-state index contributed by atoms with van der Waals surface area (Å²) in [5.41, 5.74) is 2.47. The van der Waals surface area contributed by atoms with E-state index < -0.39 is 11.1 Å². The van der Waals surface area contributed by atoms with Crippen LogP contribution in [0.2, 0.25) is 0 Å². The Morgan fingerprint density at radius 2 is 1.78 bits per heavy atom. The van der Waals surface area contributed by atoms with Crippen LogP contribution in [0.5, 0.6) is 0 Å². The van der Waals surface area contributed by atoms with E-state index in [1.54, 1.807) is 4.90 Å². The maximum atomic E-state index is 13.2. The third-order valence-corrected chi connectivity index (χ3v) is 7.00. The van der Waals surface area contributed by atoms with Crippen LogP contribution in [-0.2, 0) is 15.1 Å². The Morgan fingerprint density at radius 1 is 1.12 bits per heavy atom. The molecule has 3 fully saturated rings. The standard InChI is InChI=1S/C25H34N4O3/c1-14-8-7-11-29-20(14)19(15-9-10-15)26-22(29)25(5,6)27-21(30)18-16-12-28(13-17(16)18)23(31)32-24(2,3)4/h7-8,11,15-18H,9-10,12-13H2,1-6H3,(H,27,30). The van der Waals surface area contributed by atoms with E-state index in [4.69, 9.17) is 9.72 Å². The van der Waals surface area contributed by atoms with Crippen molar-refractivity contribution in [1.29, 1.82) is 0 Å². The number of ether oxygens (including phenoxy) is 1. The molecule has 0 aromatic carbocycles. The summed E-state index contributed by atoms with van der Waals surface area (Å²) < 4.78 is 7.63. The van der Waals surface area contributed by atoms with Crippen molar-refractivity contribution in [2.45, 2.75) is 71.4 Å². The molecule has 0 radical (unpaired) electrons. The molecule has 1 saturated heterocycles. The van der Waals surface area contributed by atoms with Gasteiger partial charge in [0.25, 0.3) is 0 Å². The predicted octanol–water partition coefficient (Wildman–Crippen LogP) is 3.98. The van der Waals surface area contributed by atoms with Gasteiger partial charge in [-0.25, -0.2) is 9.78 Å². The van der Waals surface area contributed by atoms with Crippen LogP contribution < -0.4 is 5.32 Å². The van der Waals surface area contributed by atoms with E-state index in [2.05, 4.69) is 28.9 Å². The lowest BCUT2D eigenvalue weighted by atomic mass is 10.0. The number of carbonyl (C=O) groups excluding carboxylic acids is 2. The summed E-state index contributed by atoms with van der Waals surface area (Å²) in [6.45, 7) is 13.0. The SMILES string of the molecule is Cc1cccn2c(C(C)(C)NC(=O)C3C4CN(C(=O)OC(C)(C)C)CC43)nc(C3CC3)c12. The van der Waals surface area contributed by atoms with Gasteiger partial charge in [-0.05, 0) is 77.8 Å². The number of likely N-dealkylation sites (tertiary alicyclic amines) is 1. The van der Waals surface area contributed by atoms with Crippen molar-refractivity contribution in [3.8, 4) is 0 Å². The number of pyridine rings is 1. The van der Waals surface area contributed by atoms with Gasteiger partial charge in [0.05, 0.1) is 16.7 Å². The number of amides is 2. The molecule has 3 aliphatic rings. The van der Waals surface area contributed by atoms with Crippen molar-refractivity contribution >= 4 is 17.5 Å². The van der Waals surface area contributed by atoms with E-state index >= 15 is 0 Å². The minimum Gasteiger partial charge on any atom is -0.444 e. The highest BCUT2D eigenvalue weighted by Gasteiger charge is 2.61. The van der Waals surface area contributed by atoms with Crippen LogP contribution in [0.25, 0.3) is 5.52 Å². The normalized spacial score (nSPS) is 25.1. The number of fused-ring (bicyclic) bond motifs is 2. The molecular formula is C25H34N4O3. The first-order chi connectivity index (χ1) is 15.0. The Kier molecular flexibility index (Phi) is 4.63. The quantitative estimate of drug-likeness (QED) is 0.783. The molecule has 2 atom stereocenters. The molecule has 2 aromatic heterocycles. The lowest BCUT2D eigenvalue weighted by Gasteiger charge is -2.27. The van der Waals surface area contributed by atoms with E-state index in [-0.39, 0.29) is 29.8 Å². The highest BCUT2D eigenvalue weighted by molar-refractivity contribution is 5.84. The Bertz CT molecular complexity index is 1080. The number of piperidine rings is 1. The summed E-state index contributed by atoms with van der Waals surface area (Å²) in [6, 6.07) is 4.17. The van der Waals surface area contributed by atoms with E-state index in [9.17, 15) is 9.59 Å². The first kappa shape index (κ1) is 21.3. The van der Waals surface area contributed by atoms with Crippen LogP contribution in [0.4, 0.5) is 4.79 Å². The molecule has 7 nitrogen and oxygen atoms in total. The molecule has 1 N–H and O–H groups in total. The fourth-order valence-electron chi connectivity index (χ4n) is 5.26. The van der Waals surface area contributed by atoms with E-state index in [0.717, 1.165) is 11.5 Å². The zero-order valence-corrected chi connectivity index (χ0v) is 19.9. The molecule has 3 heterocycles. The molecule has 32 heavy (non-hydrogen) atoms. The van der Waals surface area contributed by atoms with E-state index in [1.165, 1.54) is 23.9 Å². The van der Waals surface area contributed by atoms with Crippen LogP contribution in [0.1, 0.15) is 70.5 Å². The maximum Gasteiger partial charge on any atom is 0.410 e. The number of imidazole rings is 1. The summed E-state index contributed by atoms with van der Waals surface area (Å²) in [6.07, 6.45) is 4.14. The smallest absolute Gasteiger partial charge is 0.410 e. The molecule has 0 spiro atoms. The topological polar surface area (TPSA) is 75.9 Å². The highest BCUT2D eigenvalue weighted by atomic mass is 16.6. The highest BCUT2D eigenvalue weighted by Crippen LogP contribution is 2.52. The Balaban J connectivity index is 1.28. The minimum absolute atomic E-state index is 0.0381. The number of nitrogens with zero attached hydrogens (tertiary/aromatic N) is 3. The second-order valence-electron chi connectivity index (χ2n) is 11.4. The first-order valence-corrected chi connectivity index (χ1v) is 11.7. The minimum atomic E-state index is -0.595.